The van der Waals surface area contributed by atoms with Crippen molar-refractivity contribution in [1.82, 2.24) is 10.3 Å². The van der Waals surface area contributed by atoms with Gasteiger partial charge in [0, 0.05) is 19.5 Å². The third-order valence-electron chi connectivity index (χ3n) is 3.15. The molecule has 0 bridgehead atoms. The van der Waals surface area contributed by atoms with Crippen LogP contribution in [0, 0.1) is 6.92 Å². The summed E-state index contributed by atoms with van der Waals surface area (Å²) in [6.45, 7) is 4.57. The van der Waals surface area contributed by atoms with Gasteiger partial charge < -0.3 is 15.5 Å². The third-order valence-corrected chi connectivity index (χ3v) is 4.33. The quantitative estimate of drug-likeness (QED) is 0.844. The van der Waals surface area contributed by atoms with Crippen LogP contribution in [0.4, 0.5) is 0 Å². The first kappa shape index (κ1) is 15.7. The van der Waals surface area contributed by atoms with Gasteiger partial charge >= 0.3 is 5.63 Å². The van der Waals surface area contributed by atoms with Gasteiger partial charge in [-0.2, -0.15) is 0 Å². The zero-order valence-electron chi connectivity index (χ0n) is 12.2. The van der Waals surface area contributed by atoms with Crippen LogP contribution < -0.4 is 16.7 Å². The third kappa shape index (κ3) is 3.30. The van der Waals surface area contributed by atoms with Crippen molar-refractivity contribution in [2.45, 2.75) is 33.1 Å². The highest BCUT2D eigenvalue weighted by Gasteiger charge is 2.19. The molecular formula is C14H19N3O3S. The molecule has 2 rings (SSSR count). The van der Waals surface area contributed by atoms with Crippen molar-refractivity contribution in [1.29, 1.82) is 0 Å². The summed E-state index contributed by atoms with van der Waals surface area (Å²) in [5.41, 5.74) is 5.57. The largest absolute Gasteiger partial charge is 0.408 e. The van der Waals surface area contributed by atoms with E-state index in [9.17, 15) is 9.59 Å². The van der Waals surface area contributed by atoms with Crippen molar-refractivity contribution in [3.63, 3.8) is 0 Å². The van der Waals surface area contributed by atoms with Crippen LogP contribution in [0.2, 0.25) is 0 Å². The lowest BCUT2D eigenvalue weighted by atomic mass is 10.2. The van der Waals surface area contributed by atoms with E-state index >= 15 is 0 Å². The number of amides is 1. The Balaban J connectivity index is 2.42. The standard InChI is InChI=1S/C14H19N3O3S/c1-3-4-5-9-17-13-10(14(19)20-9)8(2)11(21-13)12(18)16-7-6-15/h3-7,15H2,1-2H3,(H,16,18). The van der Waals surface area contributed by atoms with Crippen LogP contribution in [-0.4, -0.2) is 24.0 Å². The summed E-state index contributed by atoms with van der Waals surface area (Å²) in [4.78, 5) is 29.5. The van der Waals surface area contributed by atoms with E-state index in [1.165, 1.54) is 11.3 Å². The van der Waals surface area contributed by atoms with Crippen molar-refractivity contribution in [2.24, 2.45) is 5.73 Å². The van der Waals surface area contributed by atoms with E-state index in [0.717, 1.165) is 12.8 Å². The van der Waals surface area contributed by atoms with Crippen LogP contribution in [-0.2, 0) is 6.42 Å². The summed E-state index contributed by atoms with van der Waals surface area (Å²) >= 11 is 1.22. The maximum absolute atomic E-state index is 12.1. The number of hydrogen-bond acceptors (Lipinski definition) is 6. The van der Waals surface area contributed by atoms with Gasteiger partial charge in [0.2, 0.25) is 0 Å². The number of unbranched alkanes of at least 4 members (excludes halogenated alkanes) is 1. The maximum atomic E-state index is 12.1. The van der Waals surface area contributed by atoms with E-state index in [1.54, 1.807) is 6.92 Å². The molecule has 6 nitrogen and oxygen atoms in total. The van der Waals surface area contributed by atoms with E-state index in [4.69, 9.17) is 10.2 Å². The Kier molecular flexibility index (Phi) is 5.08. The molecule has 3 N–H and O–H groups in total. The minimum atomic E-state index is -0.419. The minimum Gasteiger partial charge on any atom is -0.408 e. The van der Waals surface area contributed by atoms with Crippen LogP contribution in [0.5, 0.6) is 0 Å². The summed E-state index contributed by atoms with van der Waals surface area (Å²) in [5, 5.41) is 3.11. The average Bonchev–Trinajstić information content (AvgIpc) is 2.80. The van der Waals surface area contributed by atoms with Gasteiger partial charge in [0.1, 0.15) is 10.2 Å². The Morgan fingerprint density at radius 3 is 2.90 bits per heavy atom. The minimum absolute atomic E-state index is 0.226. The molecular weight excluding hydrogens is 290 g/mol. The number of carbonyl (C=O) groups excluding carboxylic acids is 1. The Labute approximate surface area is 126 Å². The molecule has 0 fully saturated rings. The fourth-order valence-corrected chi connectivity index (χ4v) is 3.13. The Morgan fingerprint density at radius 1 is 1.48 bits per heavy atom. The number of nitrogens with one attached hydrogen (secondary N) is 1. The molecule has 2 aromatic heterocycles. The van der Waals surface area contributed by atoms with E-state index in [2.05, 4.69) is 17.2 Å². The topological polar surface area (TPSA) is 98.2 Å². The second kappa shape index (κ2) is 6.82. The number of nitrogens with two attached hydrogens (primary N) is 1. The second-order valence-electron chi connectivity index (χ2n) is 4.78. The fraction of sp³-hybridized carbons (Fsp3) is 0.500. The van der Waals surface area contributed by atoms with Crippen LogP contribution in [0.15, 0.2) is 9.21 Å². The van der Waals surface area contributed by atoms with E-state index in [-0.39, 0.29) is 5.91 Å². The van der Waals surface area contributed by atoms with Gasteiger partial charge in [0.05, 0.1) is 4.88 Å². The Morgan fingerprint density at radius 2 is 2.24 bits per heavy atom. The predicted octanol–water partition coefficient (Wildman–Crippen LogP) is 1.59. The van der Waals surface area contributed by atoms with Crippen molar-refractivity contribution in [3.8, 4) is 0 Å². The maximum Gasteiger partial charge on any atom is 0.348 e. The number of hydrogen-bond donors (Lipinski definition) is 2. The van der Waals surface area contributed by atoms with Gasteiger partial charge in [0.25, 0.3) is 5.91 Å². The SMILES string of the molecule is CCCCc1nc2sc(C(=O)NCCN)c(C)c2c(=O)o1. The van der Waals surface area contributed by atoms with Crippen molar-refractivity contribution in [3.05, 3.63) is 26.8 Å². The molecule has 0 aliphatic carbocycles. The second-order valence-corrected chi connectivity index (χ2v) is 5.78. The number of aromatic nitrogens is 1. The van der Waals surface area contributed by atoms with Gasteiger partial charge in [-0.1, -0.05) is 13.3 Å². The van der Waals surface area contributed by atoms with E-state index in [1.807, 2.05) is 0 Å². The summed E-state index contributed by atoms with van der Waals surface area (Å²) in [6.07, 6.45) is 2.54. The highest BCUT2D eigenvalue weighted by Crippen LogP contribution is 2.27. The zero-order chi connectivity index (χ0) is 15.4. The van der Waals surface area contributed by atoms with Crippen molar-refractivity contribution in [2.75, 3.05) is 13.1 Å². The fourth-order valence-electron chi connectivity index (χ4n) is 2.03. The molecule has 1 amide bonds. The average molecular weight is 309 g/mol. The van der Waals surface area contributed by atoms with Crippen molar-refractivity contribution >= 4 is 27.5 Å². The lowest BCUT2D eigenvalue weighted by Gasteiger charge is -2.01. The summed E-state index contributed by atoms with van der Waals surface area (Å²) < 4.78 is 5.24. The molecule has 0 spiro atoms. The van der Waals surface area contributed by atoms with Gasteiger partial charge in [-0.15, -0.1) is 11.3 Å². The molecule has 21 heavy (non-hydrogen) atoms. The molecule has 0 aromatic carbocycles. The van der Waals surface area contributed by atoms with Crippen LogP contribution in [0.3, 0.4) is 0 Å². The van der Waals surface area contributed by atoms with Crippen LogP contribution in [0.25, 0.3) is 10.2 Å². The van der Waals surface area contributed by atoms with Gasteiger partial charge in [-0.05, 0) is 18.9 Å². The number of aryl methyl sites for hydroxylation is 2. The lowest BCUT2D eigenvalue weighted by molar-refractivity contribution is 0.0958. The molecule has 0 radical (unpaired) electrons. The number of fused-ring (bicyclic) bond motifs is 1. The molecule has 0 aliphatic rings. The van der Waals surface area contributed by atoms with Gasteiger partial charge in [-0.25, -0.2) is 9.78 Å². The molecule has 7 heteroatoms. The normalized spacial score (nSPS) is 11.0. The molecule has 0 atom stereocenters. The molecule has 0 unspecified atom stereocenters. The lowest BCUT2D eigenvalue weighted by Crippen LogP contribution is -2.28. The summed E-state index contributed by atoms with van der Waals surface area (Å²) in [6, 6.07) is 0. The highest BCUT2D eigenvalue weighted by atomic mass is 32.1. The molecule has 0 saturated heterocycles. The Bertz CT molecular complexity index is 705. The summed E-state index contributed by atoms with van der Waals surface area (Å²) in [7, 11) is 0. The van der Waals surface area contributed by atoms with Gasteiger partial charge in [0.15, 0.2) is 5.89 Å². The molecule has 2 heterocycles. The number of nitrogens with zero attached hydrogens (tertiary/aromatic N) is 1. The number of carbonyl (C=O) groups is 1. The monoisotopic (exact) mass is 309 g/mol. The molecule has 114 valence electrons. The van der Waals surface area contributed by atoms with E-state index in [0.29, 0.717) is 46.1 Å². The first-order valence-corrected chi connectivity index (χ1v) is 7.81. The first-order chi connectivity index (χ1) is 10.1. The Hall–Kier alpha value is -1.73. The van der Waals surface area contributed by atoms with Crippen LogP contribution in [0.1, 0.15) is 40.9 Å². The number of rotatable bonds is 6. The molecule has 2 aromatic rings. The predicted molar refractivity (Wildman–Crippen MR) is 82.9 cm³/mol. The first-order valence-electron chi connectivity index (χ1n) is 6.99. The zero-order valence-corrected chi connectivity index (χ0v) is 13.0. The van der Waals surface area contributed by atoms with Gasteiger partial charge in [-0.3, -0.25) is 4.79 Å². The highest BCUT2D eigenvalue weighted by molar-refractivity contribution is 7.20. The molecule has 0 aliphatic heterocycles. The van der Waals surface area contributed by atoms with Crippen molar-refractivity contribution < 1.29 is 9.21 Å². The molecule has 0 saturated carbocycles. The van der Waals surface area contributed by atoms with E-state index < -0.39 is 5.63 Å². The smallest absolute Gasteiger partial charge is 0.348 e. The summed E-state index contributed by atoms with van der Waals surface area (Å²) in [5.74, 6) is 0.208. The van der Waals surface area contributed by atoms with Crippen LogP contribution >= 0.6 is 11.3 Å². The number of thiophene rings is 1.